The highest BCUT2D eigenvalue weighted by Gasteiger charge is 2.37. The van der Waals surface area contributed by atoms with Crippen molar-refractivity contribution in [3.8, 4) is 11.5 Å². The molecule has 8 nitrogen and oxygen atoms in total. The van der Waals surface area contributed by atoms with Crippen molar-refractivity contribution in [2.75, 3.05) is 19.1 Å². The Morgan fingerprint density at radius 2 is 1.70 bits per heavy atom. The first-order valence-electron chi connectivity index (χ1n) is 11.0. The summed E-state index contributed by atoms with van der Waals surface area (Å²) in [6, 6.07) is 10.6. The third kappa shape index (κ3) is 4.89. The average Bonchev–Trinajstić information content (AvgIpc) is 3.57. The molecule has 0 aliphatic heterocycles. The Hall–Kier alpha value is -3.68. The molecule has 0 radical (unpaired) electrons. The van der Waals surface area contributed by atoms with Gasteiger partial charge in [0.1, 0.15) is 5.76 Å². The molecule has 1 aliphatic rings. The van der Waals surface area contributed by atoms with Crippen LogP contribution >= 0.6 is 0 Å². The van der Waals surface area contributed by atoms with E-state index in [4.69, 9.17) is 18.3 Å². The fourth-order valence-corrected chi connectivity index (χ4v) is 4.22. The van der Waals surface area contributed by atoms with Crippen molar-refractivity contribution in [2.24, 2.45) is 0 Å². The van der Waals surface area contributed by atoms with E-state index in [1.807, 2.05) is 0 Å². The molecule has 1 fully saturated rings. The van der Waals surface area contributed by atoms with Crippen LogP contribution in [-0.4, -0.2) is 32.1 Å². The smallest absolute Gasteiger partial charge is 0.295 e. The Morgan fingerprint density at radius 3 is 2.33 bits per heavy atom. The maximum atomic E-state index is 13.6. The van der Waals surface area contributed by atoms with E-state index in [1.54, 1.807) is 42.5 Å². The number of benzene rings is 1. The molecule has 2 amide bonds. The van der Waals surface area contributed by atoms with Crippen molar-refractivity contribution in [1.82, 2.24) is 5.32 Å². The van der Waals surface area contributed by atoms with Crippen molar-refractivity contribution >= 4 is 17.5 Å². The first kappa shape index (κ1) is 22.5. The van der Waals surface area contributed by atoms with Crippen molar-refractivity contribution in [2.45, 2.75) is 44.2 Å². The zero-order chi connectivity index (χ0) is 23.2. The Kier molecular flexibility index (Phi) is 7.02. The predicted molar refractivity (Wildman–Crippen MR) is 122 cm³/mol. The molecule has 1 aliphatic carbocycles. The lowest BCUT2D eigenvalue weighted by Gasteiger charge is -2.31. The highest BCUT2D eigenvalue weighted by atomic mass is 16.5. The van der Waals surface area contributed by atoms with E-state index >= 15 is 0 Å². The number of ether oxygens (including phenoxy) is 2. The molecule has 3 aromatic rings. The molecule has 0 unspecified atom stereocenters. The van der Waals surface area contributed by atoms with Gasteiger partial charge in [-0.25, -0.2) is 0 Å². The van der Waals surface area contributed by atoms with E-state index < -0.39 is 11.9 Å². The number of furan rings is 2. The number of rotatable bonds is 8. The van der Waals surface area contributed by atoms with Crippen molar-refractivity contribution in [3.63, 3.8) is 0 Å². The maximum absolute atomic E-state index is 13.6. The SMILES string of the molecule is COc1ccc(N(C(=O)c2ccco2)[C@H](C(=O)NC2CCCCC2)c2ccco2)cc1OC. The Balaban J connectivity index is 1.78. The molecule has 0 saturated heterocycles. The molecule has 1 aromatic carbocycles. The van der Waals surface area contributed by atoms with Crippen LogP contribution in [0.15, 0.2) is 63.8 Å². The van der Waals surface area contributed by atoms with Crippen LogP contribution in [0.4, 0.5) is 5.69 Å². The Labute approximate surface area is 192 Å². The maximum Gasteiger partial charge on any atom is 0.295 e. The molecule has 174 valence electrons. The summed E-state index contributed by atoms with van der Waals surface area (Å²) in [5.74, 6) is 0.592. The molecular weight excluding hydrogens is 424 g/mol. The monoisotopic (exact) mass is 452 g/mol. The van der Waals surface area contributed by atoms with E-state index in [2.05, 4.69) is 5.32 Å². The molecule has 1 N–H and O–H groups in total. The van der Waals surface area contributed by atoms with Gasteiger partial charge < -0.3 is 23.6 Å². The molecule has 1 saturated carbocycles. The molecule has 0 spiro atoms. The second kappa shape index (κ2) is 10.3. The van der Waals surface area contributed by atoms with Gasteiger partial charge in [-0.05, 0) is 49.2 Å². The molecule has 33 heavy (non-hydrogen) atoms. The number of nitrogens with one attached hydrogen (secondary N) is 1. The van der Waals surface area contributed by atoms with Gasteiger partial charge in [0.25, 0.3) is 11.8 Å². The highest BCUT2D eigenvalue weighted by molar-refractivity contribution is 6.08. The summed E-state index contributed by atoms with van der Waals surface area (Å²) in [4.78, 5) is 28.6. The lowest BCUT2D eigenvalue weighted by atomic mass is 9.95. The van der Waals surface area contributed by atoms with Crippen LogP contribution in [0.2, 0.25) is 0 Å². The van der Waals surface area contributed by atoms with Gasteiger partial charge in [-0.3, -0.25) is 14.5 Å². The van der Waals surface area contributed by atoms with Crippen LogP contribution in [0, 0.1) is 0 Å². The number of methoxy groups -OCH3 is 2. The van der Waals surface area contributed by atoms with E-state index in [0.717, 1.165) is 25.7 Å². The fourth-order valence-electron chi connectivity index (χ4n) is 4.22. The normalized spacial score (nSPS) is 15.0. The van der Waals surface area contributed by atoms with Crippen LogP contribution < -0.4 is 19.7 Å². The zero-order valence-electron chi connectivity index (χ0n) is 18.8. The summed E-state index contributed by atoms with van der Waals surface area (Å²) in [6.45, 7) is 0. The highest BCUT2D eigenvalue weighted by Crippen LogP contribution is 2.36. The third-order valence-corrected chi connectivity index (χ3v) is 5.87. The van der Waals surface area contributed by atoms with E-state index in [-0.39, 0.29) is 17.7 Å². The Morgan fingerprint density at radius 1 is 0.970 bits per heavy atom. The first-order chi connectivity index (χ1) is 16.1. The lowest BCUT2D eigenvalue weighted by Crippen LogP contribution is -2.47. The molecule has 0 bridgehead atoms. The number of carbonyl (C=O) groups excluding carboxylic acids is 2. The summed E-state index contributed by atoms with van der Waals surface area (Å²) < 4.78 is 21.8. The van der Waals surface area contributed by atoms with Crippen molar-refractivity contribution in [1.29, 1.82) is 0 Å². The first-order valence-corrected chi connectivity index (χ1v) is 11.0. The van der Waals surface area contributed by atoms with Gasteiger partial charge in [-0.1, -0.05) is 19.3 Å². The van der Waals surface area contributed by atoms with E-state index in [0.29, 0.717) is 22.9 Å². The summed E-state index contributed by atoms with van der Waals surface area (Å²) >= 11 is 0. The third-order valence-electron chi connectivity index (χ3n) is 5.87. The van der Waals surface area contributed by atoms with Crippen LogP contribution in [0.25, 0.3) is 0 Å². The van der Waals surface area contributed by atoms with Gasteiger partial charge in [0.2, 0.25) is 0 Å². The molecule has 2 aromatic heterocycles. The van der Waals surface area contributed by atoms with Crippen LogP contribution in [0.1, 0.15) is 54.5 Å². The van der Waals surface area contributed by atoms with Crippen LogP contribution in [0.3, 0.4) is 0 Å². The number of hydrogen-bond donors (Lipinski definition) is 1. The van der Waals surface area contributed by atoms with Gasteiger partial charge in [0.05, 0.1) is 26.7 Å². The summed E-state index contributed by atoms with van der Waals surface area (Å²) in [5.41, 5.74) is 0.439. The van der Waals surface area contributed by atoms with Gasteiger partial charge in [-0.15, -0.1) is 0 Å². The van der Waals surface area contributed by atoms with Gasteiger partial charge in [0.15, 0.2) is 23.3 Å². The quantitative estimate of drug-likeness (QED) is 0.531. The molecule has 2 heterocycles. The molecule has 8 heteroatoms. The zero-order valence-corrected chi connectivity index (χ0v) is 18.8. The van der Waals surface area contributed by atoms with Crippen molar-refractivity contribution < 1.29 is 27.9 Å². The second-order valence-electron chi connectivity index (χ2n) is 7.95. The minimum atomic E-state index is -1.04. The minimum absolute atomic E-state index is 0.0645. The van der Waals surface area contributed by atoms with E-state index in [9.17, 15) is 9.59 Å². The van der Waals surface area contributed by atoms with Crippen LogP contribution in [-0.2, 0) is 4.79 Å². The number of nitrogens with zero attached hydrogens (tertiary/aromatic N) is 1. The molecular formula is C25H28N2O6. The lowest BCUT2D eigenvalue weighted by molar-refractivity contribution is -0.123. The number of anilines is 1. The van der Waals surface area contributed by atoms with E-state index in [1.165, 1.54) is 38.1 Å². The van der Waals surface area contributed by atoms with Gasteiger partial charge in [0, 0.05) is 17.8 Å². The second-order valence-corrected chi connectivity index (χ2v) is 7.95. The number of carbonyl (C=O) groups is 2. The number of hydrogen-bond acceptors (Lipinski definition) is 6. The van der Waals surface area contributed by atoms with Gasteiger partial charge in [-0.2, -0.15) is 0 Å². The average molecular weight is 453 g/mol. The summed E-state index contributed by atoms with van der Waals surface area (Å²) in [6.07, 6.45) is 8.05. The van der Waals surface area contributed by atoms with Crippen molar-refractivity contribution in [3.05, 3.63) is 66.5 Å². The Bertz CT molecular complexity index is 1050. The van der Waals surface area contributed by atoms with Crippen LogP contribution in [0.5, 0.6) is 11.5 Å². The summed E-state index contributed by atoms with van der Waals surface area (Å²) in [5, 5.41) is 3.13. The number of amides is 2. The molecule has 4 rings (SSSR count). The molecule has 1 atom stereocenters. The largest absolute Gasteiger partial charge is 0.493 e. The summed E-state index contributed by atoms with van der Waals surface area (Å²) in [7, 11) is 3.05. The predicted octanol–water partition coefficient (Wildman–Crippen LogP) is 4.73. The fraction of sp³-hybridized carbons (Fsp3) is 0.360. The topological polar surface area (TPSA) is 94.2 Å². The van der Waals surface area contributed by atoms with Gasteiger partial charge >= 0.3 is 0 Å². The minimum Gasteiger partial charge on any atom is -0.493 e. The standard InChI is InChI=1S/C25H28N2O6/c1-30-19-13-12-18(16-22(19)31-2)27(25(29)21-11-7-15-33-21)23(20-10-6-14-32-20)24(28)26-17-8-4-3-5-9-17/h6-7,10-17,23H,3-5,8-9H2,1-2H3,(H,26,28)/t23-/m0/s1.